The van der Waals surface area contributed by atoms with Gasteiger partial charge in [-0.05, 0) is 84.5 Å². The van der Waals surface area contributed by atoms with Crippen LogP contribution >= 0.6 is 0 Å². The molecule has 1 N–H and O–H groups in total. The van der Waals surface area contributed by atoms with Crippen LogP contribution in [0.3, 0.4) is 0 Å². The summed E-state index contributed by atoms with van der Waals surface area (Å²) in [6.45, 7) is 14.5. The van der Waals surface area contributed by atoms with Gasteiger partial charge in [0.15, 0.2) is 0 Å². The van der Waals surface area contributed by atoms with Crippen LogP contribution < -0.4 is 19.5 Å². The average molecular weight is 615 g/mol. The number of benzene rings is 3. The van der Waals surface area contributed by atoms with E-state index in [1.54, 1.807) is 32.4 Å². The number of halogens is 1. The van der Waals surface area contributed by atoms with Crippen molar-refractivity contribution >= 4 is 16.8 Å². The molecule has 0 saturated carbocycles. The van der Waals surface area contributed by atoms with Crippen molar-refractivity contribution in [3.8, 4) is 28.5 Å². The number of hydrogen-bond donors (Lipinski definition) is 1. The van der Waals surface area contributed by atoms with Crippen LogP contribution in [-0.4, -0.2) is 38.3 Å². The van der Waals surface area contributed by atoms with Gasteiger partial charge in [0.2, 0.25) is 0 Å². The lowest BCUT2D eigenvalue weighted by Crippen LogP contribution is -2.25. The van der Waals surface area contributed by atoms with E-state index < -0.39 is 5.82 Å². The van der Waals surface area contributed by atoms with E-state index in [1.807, 2.05) is 12.1 Å². The molecule has 1 amide bonds. The highest BCUT2D eigenvalue weighted by molar-refractivity contribution is 6.07. The first kappa shape index (κ1) is 33.8. The number of nitrogens with one attached hydrogen (secondary N) is 1. The summed E-state index contributed by atoms with van der Waals surface area (Å²) in [5, 5.41) is 3.47. The van der Waals surface area contributed by atoms with Crippen molar-refractivity contribution in [3.63, 3.8) is 0 Å². The molecule has 0 unspecified atom stereocenters. The molecule has 3 aromatic carbocycles. The van der Waals surface area contributed by atoms with E-state index in [-0.39, 0.29) is 16.7 Å². The first-order chi connectivity index (χ1) is 21.4. The molecule has 1 aromatic heterocycles. The lowest BCUT2D eigenvalue weighted by molar-refractivity contribution is 0.0954. The standard InChI is InChI=1S/C38H47FN2O4/c1-9-37(3,4)25-13-18-34(31(21-25)38(5,6)10-2)45-20-12-11-19-40-36(42)30-24-33(41-32-17-14-26(39)22-29(30)32)28-16-15-27(43-7)23-35(28)44-8/h13-18,21-24H,9-12,19-20H2,1-8H3,(H,40,42). The quantitative estimate of drug-likeness (QED) is 0.144. The zero-order valence-electron chi connectivity index (χ0n) is 28.0. The molecule has 0 aliphatic rings. The number of methoxy groups -OCH3 is 2. The van der Waals surface area contributed by atoms with Gasteiger partial charge < -0.3 is 19.5 Å². The van der Waals surface area contributed by atoms with Gasteiger partial charge in [-0.2, -0.15) is 0 Å². The van der Waals surface area contributed by atoms with E-state index in [9.17, 15) is 9.18 Å². The number of unbranched alkanes of at least 4 members (excludes halogenated alkanes) is 1. The molecule has 0 bridgehead atoms. The van der Waals surface area contributed by atoms with Gasteiger partial charge in [0.1, 0.15) is 23.1 Å². The Morgan fingerprint density at radius 2 is 1.60 bits per heavy atom. The fraction of sp³-hybridized carbons (Fsp3) is 0.421. The van der Waals surface area contributed by atoms with Gasteiger partial charge in [-0.3, -0.25) is 4.79 Å². The van der Waals surface area contributed by atoms with E-state index in [1.165, 1.54) is 23.3 Å². The van der Waals surface area contributed by atoms with E-state index in [0.29, 0.717) is 52.4 Å². The Kier molecular flexibility index (Phi) is 10.7. The number of hydrogen-bond acceptors (Lipinski definition) is 5. The van der Waals surface area contributed by atoms with Gasteiger partial charge in [-0.15, -0.1) is 0 Å². The van der Waals surface area contributed by atoms with Gasteiger partial charge in [0, 0.05) is 29.1 Å². The smallest absolute Gasteiger partial charge is 0.252 e. The molecule has 0 aliphatic heterocycles. The van der Waals surface area contributed by atoms with Crippen LogP contribution in [0.25, 0.3) is 22.2 Å². The normalized spacial score (nSPS) is 11.8. The highest BCUT2D eigenvalue weighted by Crippen LogP contribution is 2.39. The molecule has 0 radical (unpaired) electrons. The minimum absolute atomic E-state index is 0.00931. The molecule has 7 heteroatoms. The molecular weight excluding hydrogens is 567 g/mol. The van der Waals surface area contributed by atoms with Crippen LogP contribution in [0.5, 0.6) is 17.2 Å². The predicted octanol–water partition coefficient (Wildman–Crippen LogP) is 9.02. The maximum atomic E-state index is 14.3. The van der Waals surface area contributed by atoms with Crippen LogP contribution in [0, 0.1) is 5.82 Å². The van der Waals surface area contributed by atoms with Crippen LogP contribution in [0.4, 0.5) is 4.39 Å². The van der Waals surface area contributed by atoms with Gasteiger partial charge in [0.25, 0.3) is 5.91 Å². The Bertz CT molecular complexity index is 1650. The molecular formula is C38H47FN2O4. The molecule has 0 aliphatic carbocycles. The maximum Gasteiger partial charge on any atom is 0.252 e. The van der Waals surface area contributed by atoms with Gasteiger partial charge in [-0.25, -0.2) is 9.37 Å². The second kappa shape index (κ2) is 14.3. The Hall–Kier alpha value is -4.13. The topological polar surface area (TPSA) is 69.7 Å². The third-order valence-electron chi connectivity index (χ3n) is 9.07. The van der Waals surface area contributed by atoms with Crippen molar-refractivity contribution in [1.82, 2.24) is 10.3 Å². The first-order valence-electron chi connectivity index (χ1n) is 15.8. The van der Waals surface area contributed by atoms with Crippen LogP contribution in [0.2, 0.25) is 0 Å². The minimum atomic E-state index is -0.429. The summed E-state index contributed by atoms with van der Waals surface area (Å²) in [4.78, 5) is 18.2. The highest BCUT2D eigenvalue weighted by atomic mass is 19.1. The number of amides is 1. The van der Waals surface area contributed by atoms with Crippen molar-refractivity contribution in [2.75, 3.05) is 27.4 Å². The summed E-state index contributed by atoms with van der Waals surface area (Å²) in [5.74, 6) is 1.41. The van der Waals surface area contributed by atoms with Crippen molar-refractivity contribution < 1.29 is 23.4 Å². The average Bonchev–Trinajstić information content (AvgIpc) is 3.05. The summed E-state index contributed by atoms with van der Waals surface area (Å²) in [6.07, 6.45) is 3.57. The van der Waals surface area contributed by atoms with E-state index in [0.717, 1.165) is 31.4 Å². The number of carbonyl (C=O) groups is 1. The third kappa shape index (κ3) is 7.75. The van der Waals surface area contributed by atoms with E-state index in [2.05, 4.69) is 65.1 Å². The van der Waals surface area contributed by atoms with Crippen molar-refractivity contribution in [3.05, 3.63) is 83.2 Å². The minimum Gasteiger partial charge on any atom is -0.497 e. The zero-order chi connectivity index (χ0) is 32.8. The number of fused-ring (bicyclic) bond motifs is 1. The number of pyridine rings is 1. The Morgan fingerprint density at radius 1 is 0.844 bits per heavy atom. The van der Waals surface area contributed by atoms with E-state index in [4.69, 9.17) is 19.2 Å². The summed E-state index contributed by atoms with van der Waals surface area (Å²) in [7, 11) is 3.15. The van der Waals surface area contributed by atoms with E-state index >= 15 is 0 Å². The molecule has 6 nitrogen and oxygen atoms in total. The Balaban J connectivity index is 1.45. The SMILES string of the molecule is CCC(C)(C)c1ccc(OCCCCNC(=O)c2cc(-c3ccc(OC)cc3OC)nc3ccc(F)cc23)c(C(C)(C)CC)c1. The largest absolute Gasteiger partial charge is 0.497 e. The number of aromatic nitrogens is 1. The van der Waals surface area contributed by atoms with Gasteiger partial charge in [-0.1, -0.05) is 53.7 Å². The molecule has 45 heavy (non-hydrogen) atoms. The van der Waals surface area contributed by atoms with Crippen LogP contribution in [0.15, 0.2) is 60.7 Å². The predicted molar refractivity (Wildman–Crippen MR) is 180 cm³/mol. The van der Waals surface area contributed by atoms with Gasteiger partial charge in [0.05, 0.1) is 37.6 Å². The number of nitrogens with zero attached hydrogens (tertiary/aromatic N) is 1. The van der Waals surface area contributed by atoms with Crippen molar-refractivity contribution in [2.45, 2.75) is 78.1 Å². The van der Waals surface area contributed by atoms with Crippen molar-refractivity contribution in [2.24, 2.45) is 0 Å². The van der Waals surface area contributed by atoms with Crippen LogP contribution in [0.1, 0.15) is 88.7 Å². The molecule has 0 fully saturated rings. The number of ether oxygens (including phenoxy) is 3. The fourth-order valence-electron chi connectivity index (χ4n) is 5.24. The number of rotatable bonds is 14. The monoisotopic (exact) mass is 614 g/mol. The molecule has 4 aromatic rings. The Labute approximate surface area is 267 Å². The molecule has 240 valence electrons. The first-order valence-corrected chi connectivity index (χ1v) is 15.8. The summed E-state index contributed by atoms with van der Waals surface area (Å²) < 4.78 is 31.5. The zero-order valence-corrected chi connectivity index (χ0v) is 28.0. The molecule has 1 heterocycles. The molecule has 0 spiro atoms. The lowest BCUT2D eigenvalue weighted by Gasteiger charge is -2.30. The fourth-order valence-corrected chi connectivity index (χ4v) is 5.24. The molecule has 0 saturated heterocycles. The molecule has 0 atom stereocenters. The summed E-state index contributed by atoms with van der Waals surface area (Å²) in [5.41, 5.74) is 4.77. The summed E-state index contributed by atoms with van der Waals surface area (Å²) in [6, 6.07) is 18.0. The molecule has 4 rings (SSSR count). The maximum absolute atomic E-state index is 14.3. The highest BCUT2D eigenvalue weighted by Gasteiger charge is 2.26. The van der Waals surface area contributed by atoms with Crippen LogP contribution in [-0.2, 0) is 10.8 Å². The summed E-state index contributed by atoms with van der Waals surface area (Å²) >= 11 is 0. The van der Waals surface area contributed by atoms with Gasteiger partial charge >= 0.3 is 0 Å². The van der Waals surface area contributed by atoms with Crippen molar-refractivity contribution in [1.29, 1.82) is 0 Å². The second-order valence-electron chi connectivity index (χ2n) is 12.8. The third-order valence-corrected chi connectivity index (χ3v) is 9.07. The second-order valence-corrected chi connectivity index (χ2v) is 12.8. The lowest BCUT2D eigenvalue weighted by atomic mass is 9.76. The number of carbonyl (C=O) groups excluding carboxylic acids is 1. The Morgan fingerprint density at radius 3 is 2.29 bits per heavy atom.